The fraction of sp³-hybridized carbons (Fsp3) is 0. The van der Waals surface area contributed by atoms with Crippen LogP contribution in [0.15, 0.2) is 78.9 Å². The predicted octanol–water partition coefficient (Wildman–Crippen LogP) is 5.38. The van der Waals surface area contributed by atoms with Crippen LogP contribution in [-0.4, -0.2) is 5.91 Å². The minimum absolute atomic E-state index is 0.148. The van der Waals surface area contributed by atoms with Crippen LogP contribution >= 0.6 is 11.6 Å². The third-order valence-electron chi connectivity index (χ3n) is 3.21. The maximum atomic E-state index is 12.1. The van der Waals surface area contributed by atoms with Crippen molar-refractivity contribution in [3.63, 3.8) is 0 Å². The largest absolute Gasteiger partial charge is 0.456 e. The monoisotopic (exact) mass is 323 g/mol. The molecule has 0 radical (unpaired) electrons. The van der Waals surface area contributed by atoms with Crippen LogP contribution in [0.1, 0.15) is 10.4 Å². The van der Waals surface area contributed by atoms with E-state index in [1.807, 2.05) is 30.3 Å². The summed E-state index contributed by atoms with van der Waals surface area (Å²) in [4.78, 5) is 12.1. The molecule has 23 heavy (non-hydrogen) atoms. The topological polar surface area (TPSA) is 38.3 Å². The highest BCUT2D eigenvalue weighted by Gasteiger charge is 2.06. The molecule has 3 rings (SSSR count). The molecule has 3 aromatic rings. The van der Waals surface area contributed by atoms with Crippen LogP contribution in [0.25, 0.3) is 0 Å². The number of rotatable bonds is 4. The summed E-state index contributed by atoms with van der Waals surface area (Å²) in [6.45, 7) is 0. The lowest BCUT2D eigenvalue weighted by Gasteiger charge is -2.09. The van der Waals surface area contributed by atoms with Gasteiger partial charge in [-0.25, -0.2) is 0 Å². The highest BCUT2D eigenvalue weighted by atomic mass is 35.5. The Morgan fingerprint density at radius 1 is 0.826 bits per heavy atom. The van der Waals surface area contributed by atoms with E-state index in [-0.39, 0.29) is 5.91 Å². The van der Waals surface area contributed by atoms with Gasteiger partial charge >= 0.3 is 0 Å². The summed E-state index contributed by atoms with van der Waals surface area (Å²) in [6.07, 6.45) is 0. The van der Waals surface area contributed by atoms with Crippen molar-refractivity contribution in [2.45, 2.75) is 0 Å². The van der Waals surface area contributed by atoms with Crippen LogP contribution in [0.2, 0.25) is 5.02 Å². The summed E-state index contributed by atoms with van der Waals surface area (Å²) in [5.41, 5.74) is 1.31. The average molecular weight is 324 g/mol. The normalized spacial score (nSPS) is 10.1. The zero-order valence-electron chi connectivity index (χ0n) is 12.2. The third-order valence-corrected chi connectivity index (χ3v) is 3.52. The van der Waals surface area contributed by atoms with Crippen molar-refractivity contribution in [3.05, 3.63) is 89.4 Å². The van der Waals surface area contributed by atoms with Gasteiger partial charge in [0.25, 0.3) is 5.91 Å². The van der Waals surface area contributed by atoms with Gasteiger partial charge in [-0.1, -0.05) is 41.9 Å². The first-order chi connectivity index (χ1) is 11.2. The zero-order valence-corrected chi connectivity index (χ0v) is 13.0. The number of hydrogen-bond donors (Lipinski definition) is 1. The molecule has 0 bridgehead atoms. The molecule has 0 fully saturated rings. The molecule has 4 heteroatoms. The first kappa shape index (κ1) is 15.1. The van der Waals surface area contributed by atoms with E-state index in [0.29, 0.717) is 27.8 Å². The number of para-hydroxylation sites is 1. The number of nitrogens with one attached hydrogen (secondary N) is 1. The average Bonchev–Trinajstić information content (AvgIpc) is 2.59. The Hall–Kier alpha value is -2.78. The molecule has 0 atom stereocenters. The van der Waals surface area contributed by atoms with Gasteiger partial charge in [-0.15, -0.1) is 0 Å². The van der Waals surface area contributed by atoms with E-state index in [1.165, 1.54) is 0 Å². The second-order valence-corrected chi connectivity index (χ2v) is 5.28. The lowest BCUT2D eigenvalue weighted by atomic mass is 10.2. The maximum absolute atomic E-state index is 12.1. The van der Waals surface area contributed by atoms with Gasteiger partial charge < -0.3 is 10.1 Å². The van der Waals surface area contributed by atoms with E-state index in [9.17, 15) is 4.79 Å². The lowest BCUT2D eigenvalue weighted by molar-refractivity contribution is 0.102. The number of amides is 1. The summed E-state index contributed by atoms with van der Waals surface area (Å²) >= 11 is 6.06. The minimum atomic E-state index is -0.148. The van der Waals surface area contributed by atoms with E-state index in [4.69, 9.17) is 16.3 Å². The first-order valence-electron chi connectivity index (χ1n) is 7.11. The molecule has 0 unspecified atom stereocenters. The minimum Gasteiger partial charge on any atom is -0.456 e. The maximum Gasteiger partial charge on any atom is 0.255 e. The van der Waals surface area contributed by atoms with Gasteiger partial charge in [0.2, 0.25) is 0 Å². The third kappa shape index (κ3) is 3.90. The Kier molecular flexibility index (Phi) is 4.60. The fourth-order valence-electron chi connectivity index (χ4n) is 2.05. The molecular formula is C19H14ClNO2. The highest BCUT2D eigenvalue weighted by Crippen LogP contribution is 2.29. The van der Waals surface area contributed by atoms with Crippen LogP contribution in [-0.2, 0) is 0 Å². The van der Waals surface area contributed by atoms with Gasteiger partial charge in [0, 0.05) is 11.3 Å². The van der Waals surface area contributed by atoms with E-state index < -0.39 is 0 Å². The number of halogens is 1. The molecule has 0 aromatic heterocycles. The lowest BCUT2D eigenvalue weighted by Crippen LogP contribution is -2.11. The molecule has 0 aliphatic heterocycles. The molecular weight excluding hydrogens is 310 g/mol. The van der Waals surface area contributed by atoms with Crippen LogP contribution in [0.4, 0.5) is 5.69 Å². The number of anilines is 1. The number of hydrogen-bond acceptors (Lipinski definition) is 2. The fourth-order valence-corrected chi connectivity index (χ4v) is 2.23. The molecule has 0 saturated heterocycles. The Balaban J connectivity index is 1.68. The number of ether oxygens (including phenoxy) is 1. The quantitative estimate of drug-likeness (QED) is 0.699. The van der Waals surface area contributed by atoms with Crippen molar-refractivity contribution in [2.75, 3.05) is 5.32 Å². The molecule has 114 valence electrons. The molecule has 0 saturated carbocycles. The van der Waals surface area contributed by atoms with E-state index in [1.54, 1.807) is 48.5 Å². The second-order valence-electron chi connectivity index (χ2n) is 4.88. The smallest absolute Gasteiger partial charge is 0.255 e. The van der Waals surface area contributed by atoms with Gasteiger partial charge in [-0.3, -0.25) is 4.79 Å². The summed E-state index contributed by atoms with van der Waals surface area (Å²) in [5, 5.41) is 3.39. The van der Waals surface area contributed by atoms with Crippen molar-refractivity contribution >= 4 is 23.2 Å². The zero-order chi connectivity index (χ0) is 16.1. The predicted molar refractivity (Wildman–Crippen MR) is 92.4 cm³/mol. The van der Waals surface area contributed by atoms with Crippen molar-refractivity contribution in [3.8, 4) is 11.5 Å². The van der Waals surface area contributed by atoms with Crippen LogP contribution in [0, 0.1) is 0 Å². The van der Waals surface area contributed by atoms with E-state index >= 15 is 0 Å². The van der Waals surface area contributed by atoms with E-state index in [0.717, 1.165) is 0 Å². The number of carbonyl (C=O) groups excluding carboxylic acids is 1. The summed E-state index contributed by atoms with van der Waals surface area (Å²) in [5.74, 6) is 1.09. The molecule has 0 spiro atoms. The molecule has 0 heterocycles. The number of carbonyl (C=O) groups is 1. The Morgan fingerprint density at radius 2 is 1.48 bits per heavy atom. The molecule has 0 aliphatic carbocycles. The van der Waals surface area contributed by atoms with Crippen molar-refractivity contribution in [2.24, 2.45) is 0 Å². The van der Waals surface area contributed by atoms with Crippen molar-refractivity contribution in [1.82, 2.24) is 0 Å². The Labute approximate surface area is 139 Å². The standard InChI is InChI=1S/C19H14ClNO2/c20-17-8-4-5-9-18(17)23-16-12-10-15(11-13-16)21-19(22)14-6-2-1-3-7-14/h1-13H,(H,21,22). The summed E-state index contributed by atoms with van der Waals surface area (Å²) < 4.78 is 5.71. The first-order valence-corrected chi connectivity index (χ1v) is 7.49. The van der Waals surface area contributed by atoms with Crippen LogP contribution in [0.3, 0.4) is 0 Å². The van der Waals surface area contributed by atoms with Gasteiger partial charge in [0.1, 0.15) is 11.5 Å². The van der Waals surface area contributed by atoms with Gasteiger partial charge in [-0.05, 0) is 48.5 Å². The van der Waals surface area contributed by atoms with Crippen LogP contribution < -0.4 is 10.1 Å². The Morgan fingerprint density at radius 3 is 2.17 bits per heavy atom. The summed E-state index contributed by atoms with van der Waals surface area (Å²) in [7, 11) is 0. The van der Waals surface area contributed by atoms with E-state index in [2.05, 4.69) is 5.32 Å². The molecule has 1 N–H and O–H groups in total. The Bertz CT molecular complexity index is 801. The van der Waals surface area contributed by atoms with Gasteiger partial charge in [0.15, 0.2) is 0 Å². The van der Waals surface area contributed by atoms with Gasteiger partial charge in [0.05, 0.1) is 5.02 Å². The molecule has 3 aromatic carbocycles. The summed E-state index contributed by atoms with van der Waals surface area (Å²) in [6, 6.07) is 23.5. The highest BCUT2D eigenvalue weighted by molar-refractivity contribution is 6.32. The van der Waals surface area contributed by atoms with Crippen molar-refractivity contribution in [1.29, 1.82) is 0 Å². The van der Waals surface area contributed by atoms with Gasteiger partial charge in [-0.2, -0.15) is 0 Å². The number of benzene rings is 3. The SMILES string of the molecule is O=C(Nc1ccc(Oc2ccccc2Cl)cc1)c1ccccc1. The van der Waals surface area contributed by atoms with Crippen molar-refractivity contribution < 1.29 is 9.53 Å². The van der Waals surface area contributed by atoms with Crippen LogP contribution in [0.5, 0.6) is 11.5 Å². The molecule has 3 nitrogen and oxygen atoms in total. The molecule has 0 aliphatic rings. The second kappa shape index (κ2) is 6.99. The molecule has 1 amide bonds.